The van der Waals surface area contributed by atoms with Crippen LogP contribution in [0, 0.1) is 0 Å². The Morgan fingerprint density at radius 1 is 1.12 bits per heavy atom. The molecule has 5 rings (SSSR count). The first-order valence-electron chi connectivity index (χ1n) is 8.64. The number of nitrogens with one attached hydrogen (secondary N) is 2. The SMILES string of the molecule is c1cc(NC2CCNC2)nc(-c2cnc3cnc(C4CC4)cn23)c1. The van der Waals surface area contributed by atoms with E-state index in [0.29, 0.717) is 12.0 Å². The molecule has 0 radical (unpaired) electrons. The van der Waals surface area contributed by atoms with Crippen LogP contribution in [0.2, 0.25) is 0 Å². The first kappa shape index (κ1) is 13.9. The number of fused-ring (bicyclic) bond motifs is 1. The zero-order valence-electron chi connectivity index (χ0n) is 13.4. The number of rotatable bonds is 4. The molecule has 1 atom stereocenters. The summed E-state index contributed by atoms with van der Waals surface area (Å²) in [6.07, 6.45) is 9.50. The van der Waals surface area contributed by atoms with E-state index in [0.717, 1.165) is 48.1 Å². The van der Waals surface area contributed by atoms with Gasteiger partial charge in [0.2, 0.25) is 0 Å². The number of aromatic nitrogens is 4. The van der Waals surface area contributed by atoms with E-state index in [2.05, 4.69) is 37.3 Å². The van der Waals surface area contributed by atoms with Crippen LogP contribution < -0.4 is 10.6 Å². The number of nitrogens with zero attached hydrogens (tertiary/aromatic N) is 4. The topological polar surface area (TPSA) is 67.1 Å². The van der Waals surface area contributed by atoms with Crippen molar-refractivity contribution in [1.29, 1.82) is 0 Å². The Morgan fingerprint density at radius 3 is 2.92 bits per heavy atom. The third-order valence-electron chi connectivity index (χ3n) is 4.84. The quantitative estimate of drug-likeness (QED) is 0.773. The normalized spacial score (nSPS) is 20.6. The molecule has 1 saturated heterocycles. The summed E-state index contributed by atoms with van der Waals surface area (Å²) in [4.78, 5) is 13.8. The van der Waals surface area contributed by atoms with Gasteiger partial charge in [0.25, 0.3) is 0 Å². The number of imidazole rings is 1. The molecule has 4 heterocycles. The standard InChI is InChI=1S/C18H20N6/c1-2-14(23-17(3-1)22-13-6-7-19-8-13)16-9-21-18-10-20-15(11-24(16)18)12-4-5-12/h1-3,9-13,19H,4-8H2,(H,22,23). The van der Waals surface area contributed by atoms with Gasteiger partial charge in [0.05, 0.1) is 29.5 Å². The highest BCUT2D eigenvalue weighted by Gasteiger charge is 2.25. The molecule has 1 unspecified atom stereocenters. The molecule has 1 aliphatic heterocycles. The van der Waals surface area contributed by atoms with Crippen molar-refractivity contribution in [2.75, 3.05) is 18.4 Å². The molecule has 2 N–H and O–H groups in total. The van der Waals surface area contributed by atoms with E-state index in [4.69, 9.17) is 4.98 Å². The molecule has 6 nitrogen and oxygen atoms in total. The van der Waals surface area contributed by atoms with Gasteiger partial charge in [-0.25, -0.2) is 9.97 Å². The van der Waals surface area contributed by atoms with Crippen LogP contribution in [0.15, 0.2) is 36.8 Å². The Morgan fingerprint density at radius 2 is 2.08 bits per heavy atom. The van der Waals surface area contributed by atoms with Crippen molar-refractivity contribution < 1.29 is 0 Å². The molecule has 1 aliphatic carbocycles. The van der Waals surface area contributed by atoms with E-state index < -0.39 is 0 Å². The van der Waals surface area contributed by atoms with Crippen molar-refractivity contribution in [1.82, 2.24) is 24.7 Å². The van der Waals surface area contributed by atoms with Crippen LogP contribution in [0.25, 0.3) is 17.0 Å². The fourth-order valence-corrected chi connectivity index (χ4v) is 3.33. The summed E-state index contributed by atoms with van der Waals surface area (Å²) in [6, 6.07) is 6.58. The summed E-state index contributed by atoms with van der Waals surface area (Å²) >= 11 is 0. The largest absolute Gasteiger partial charge is 0.366 e. The molecule has 0 aromatic carbocycles. The lowest BCUT2D eigenvalue weighted by Gasteiger charge is -2.12. The Kier molecular flexibility index (Phi) is 3.23. The maximum Gasteiger partial charge on any atom is 0.155 e. The van der Waals surface area contributed by atoms with Gasteiger partial charge in [-0.05, 0) is 37.9 Å². The summed E-state index contributed by atoms with van der Waals surface area (Å²) < 4.78 is 2.11. The van der Waals surface area contributed by atoms with E-state index in [1.165, 1.54) is 12.8 Å². The van der Waals surface area contributed by atoms with Crippen LogP contribution in [0.1, 0.15) is 30.9 Å². The average molecular weight is 320 g/mol. The van der Waals surface area contributed by atoms with E-state index in [1.807, 2.05) is 24.5 Å². The number of hydrogen-bond acceptors (Lipinski definition) is 5. The minimum atomic E-state index is 0.459. The minimum Gasteiger partial charge on any atom is -0.366 e. The molecular weight excluding hydrogens is 300 g/mol. The maximum atomic E-state index is 4.80. The zero-order valence-corrected chi connectivity index (χ0v) is 13.4. The van der Waals surface area contributed by atoms with Gasteiger partial charge in [-0.15, -0.1) is 0 Å². The van der Waals surface area contributed by atoms with Crippen molar-refractivity contribution in [3.63, 3.8) is 0 Å². The van der Waals surface area contributed by atoms with E-state index in [9.17, 15) is 0 Å². The van der Waals surface area contributed by atoms with Gasteiger partial charge in [-0.3, -0.25) is 9.38 Å². The lowest BCUT2D eigenvalue weighted by atomic mass is 10.2. The van der Waals surface area contributed by atoms with Gasteiger partial charge in [-0.2, -0.15) is 0 Å². The summed E-state index contributed by atoms with van der Waals surface area (Å²) in [7, 11) is 0. The van der Waals surface area contributed by atoms with Gasteiger partial charge in [-0.1, -0.05) is 6.07 Å². The molecule has 3 aromatic rings. The fourth-order valence-electron chi connectivity index (χ4n) is 3.33. The van der Waals surface area contributed by atoms with Crippen LogP contribution >= 0.6 is 0 Å². The molecule has 6 heteroatoms. The molecule has 3 aromatic heterocycles. The van der Waals surface area contributed by atoms with Crippen LogP contribution in [0.3, 0.4) is 0 Å². The summed E-state index contributed by atoms with van der Waals surface area (Å²) in [6.45, 7) is 2.07. The predicted molar refractivity (Wildman–Crippen MR) is 93.1 cm³/mol. The highest BCUT2D eigenvalue weighted by atomic mass is 15.1. The van der Waals surface area contributed by atoms with Crippen LogP contribution in [-0.4, -0.2) is 38.5 Å². The van der Waals surface area contributed by atoms with E-state index in [-0.39, 0.29) is 0 Å². The molecule has 2 aliphatic rings. The monoisotopic (exact) mass is 320 g/mol. The van der Waals surface area contributed by atoms with E-state index >= 15 is 0 Å². The predicted octanol–water partition coefficient (Wildman–Crippen LogP) is 2.44. The average Bonchev–Trinajstić information content (AvgIpc) is 3.17. The first-order valence-corrected chi connectivity index (χ1v) is 8.64. The van der Waals surface area contributed by atoms with Gasteiger partial charge in [0.15, 0.2) is 5.65 Å². The van der Waals surface area contributed by atoms with Crippen molar-refractivity contribution in [2.45, 2.75) is 31.2 Å². The lowest BCUT2D eigenvalue weighted by Crippen LogP contribution is -2.22. The number of anilines is 1. The Balaban J connectivity index is 1.50. The second-order valence-electron chi connectivity index (χ2n) is 6.70. The smallest absolute Gasteiger partial charge is 0.155 e. The van der Waals surface area contributed by atoms with Crippen LogP contribution in [0.5, 0.6) is 0 Å². The molecule has 122 valence electrons. The number of pyridine rings is 1. The number of hydrogen-bond donors (Lipinski definition) is 2. The Hall–Kier alpha value is -2.47. The van der Waals surface area contributed by atoms with Crippen LogP contribution in [0.4, 0.5) is 5.82 Å². The molecule has 0 bridgehead atoms. The molecule has 24 heavy (non-hydrogen) atoms. The lowest BCUT2D eigenvalue weighted by molar-refractivity contribution is 0.788. The Labute approximate surface area is 140 Å². The van der Waals surface area contributed by atoms with Gasteiger partial charge < -0.3 is 10.6 Å². The van der Waals surface area contributed by atoms with Crippen molar-refractivity contribution in [3.8, 4) is 11.4 Å². The second-order valence-corrected chi connectivity index (χ2v) is 6.70. The zero-order chi connectivity index (χ0) is 15.9. The van der Waals surface area contributed by atoms with Crippen LogP contribution in [-0.2, 0) is 0 Å². The van der Waals surface area contributed by atoms with Gasteiger partial charge in [0.1, 0.15) is 5.82 Å². The summed E-state index contributed by atoms with van der Waals surface area (Å²) in [5, 5.41) is 6.89. The fraction of sp³-hybridized carbons (Fsp3) is 0.389. The molecule has 2 fully saturated rings. The second kappa shape index (κ2) is 5.56. The minimum absolute atomic E-state index is 0.459. The summed E-state index contributed by atoms with van der Waals surface area (Å²) in [5.41, 5.74) is 3.98. The molecule has 1 saturated carbocycles. The third-order valence-corrected chi connectivity index (χ3v) is 4.84. The molecule has 0 spiro atoms. The van der Waals surface area contributed by atoms with E-state index in [1.54, 1.807) is 0 Å². The Bertz CT molecular complexity index is 876. The maximum absolute atomic E-state index is 4.80. The highest BCUT2D eigenvalue weighted by molar-refractivity contribution is 5.61. The first-order chi connectivity index (χ1) is 11.9. The van der Waals surface area contributed by atoms with Gasteiger partial charge in [0, 0.05) is 24.7 Å². The van der Waals surface area contributed by atoms with Gasteiger partial charge >= 0.3 is 0 Å². The summed E-state index contributed by atoms with van der Waals surface area (Å²) in [5.74, 6) is 1.55. The molecular formula is C18H20N6. The van der Waals surface area contributed by atoms with Crippen molar-refractivity contribution >= 4 is 11.5 Å². The van der Waals surface area contributed by atoms with Crippen molar-refractivity contribution in [3.05, 3.63) is 42.5 Å². The molecule has 0 amide bonds. The highest BCUT2D eigenvalue weighted by Crippen LogP contribution is 2.39. The van der Waals surface area contributed by atoms with Crippen molar-refractivity contribution in [2.24, 2.45) is 0 Å². The third kappa shape index (κ3) is 2.53.